The zero-order chi connectivity index (χ0) is 15.9. The Morgan fingerprint density at radius 1 is 1.18 bits per heavy atom. The molecule has 0 aromatic heterocycles. The second-order valence-corrected chi connectivity index (χ2v) is 6.16. The van der Waals surface area contributed by atoms with Gasteiger partial charge in [0.25, 0.3) is 0 Å². The largest absolute Gasteiger partial charge is 0.353 e. The molecular weight excluding hydrogens is 272 g/mol. The quantitative estimate of drug-likeness (QED) is 0.296. The summed E-state index contributed by atoms with van der Waals surface area (Å²) < 4.78 is 11.5. The van der Waals surface area contributed by atoms with Crippen molar-refractivity contribution in [2.75, 3.05) is 6.61 Å². The summed E-state index contributed by atoms with van der Waals surface area (Å²) in [5.74, 6) is 6.48. The number of allylic oxidation sites excluding steroid dienone is 2. The third-order valence-corrected chi connectivity index (χ3v) is 3.90. The van der Waals surface area contributed by atoms with Crippen molar-refractivity contribution >= 4 is 0 Å². The summed E-state index contributed by atoms with van der Waals surface area (Å²) in [5, 5.41) is 0. The SMILES string of the molecule is CCC/C=C/CC#CCCCCCC(C)OC1CCCCO1. The van der Waals surface area contributed by atoms with Gasteiger partial charge in [0.1, 0.15) is 0 Å². The molecule has 0 bridgehead atoms. The standard InChI is InChI=1S/C20H34O2/c1-3-4-5-6-7-8-9-10-11-12-13-16-19(2)22-20-17-14-15-18-21-20/h5-6,19-20H,3-4,7,10-18H2,1-2H3/b6-5+. The van der Waals surface area contributed by atoms with Crippen LogP contribution in [0.15, 0.2) is 12.2 Å². The van der Waals surface area contributed by atoms with Gasteiger partial charge in [-0.15, -0.1) is 5.92 Å². The lowest BCUT2D eigenvalue weighted by Crippen LogP contribution is -2.26. The minimum atomic E-state index is 0.0513. The first-order valence-electron chi connectivity index (χ1n) is 9.20. The van der Waals surface area contributed by atoms with E-state index in [2.05, 4.69) is 37.8 Å². The molecule has 126 valence electrons. The molecular formula is C20H34O2. The summed E-state index contributed by atoms with van der Waals surface area (Å²) in [5.41, 5.74) is 0. The molecule has 0 aliphatic carbocycles. The van der Waals surface area contributed by atoms with Crippen LogP contribution < -0.4 is 0 Å². The van der Waals surface area contributed by atoms with Gasteiger partial charge < -0.3 is 9.47 Å². The Bertz CT molecular complexity index is 331. The van der Waals surface area contributed by atoms with Crippen molar-refractivity contribution in [2.24, 2.45) is 0 Å². The van der Waals surface area contributed by atoms with Gasteiger partial charge in [-0.2, -0.15) is 0 Å². The summed E-state index contributed by atoms with van der Waals surface area (Å²) in [6.07, 6.45) is 17.4. The molecule has 1 aliphatic rings. The highest BCUT2D eigenvalue weighted by molar-refractivity contribution is 5.04. The van der Waals surface area contributed by atoms with E-state index in [1.807, 2.05) is 0 Å². The van der Waals surface area contributed by atoms with Crippen molar-refractivity contribution in [1.29, 1.82) is 0 Å². The van der Waals surface area contributed by atoms with Gasteiger partial charge in [0.05, 0.1) is 6.10 Å². The van der Waals surface area contributed by atoms with Gasteiger partial charge in [0.2, 0.25) is 0 Å². The Labute approximate surface area is 137 Å². The molecule has 0 spiro atoms. The van der Waals surface area contributed by atoms with Crippen molar-refractivity contribution in [2.45, 2.75) is 96.9 Å². The molecule has 0 aromatic carbocycles. The Hall–Kier alpha value is -0.780. The van der Waals surface area contributed by atoms with Gasteiger partial charge in [-0.25, -0.2) is 0 Å². The lowest BCUT2D eigenvalue weighted by Gasteiger charge is -2.26. The highest BCUT2D eigenvalue weighted by atomic mass is 16.7. The van der Waals surface area contributed by atoms with E-state index in [4.69, 9.17) is 9.47 Å². The fraction of sp³-hybridized carbons (Fsp3) is 0.800. The third kappa shape index (κ3) is 10.9. The molecule has 2 atom stereocenters. The van der Waals surface area contributed by atoms with E-state index < -0.39 is 0 Å². The van der Waals surface area contributed by atoms with Gasteiger partial charge in [-0.05, 0) is 45.4 Å². The molecule has 1 rings (SSSR count). The second kappa shape index (κ2) is 13.9. The molecule has 2 heteroatoms. The Balaban J connectivity index is 1.91. The maximum Gasteiger partial charge on any atom is 0.157 e. The smallest absolute Gasteiger partial charge is 0.157 e. The average Bonchev–Trinajstić information content (AvgIpc) is 2.53. The summed E-state index contributed by atoms with van der Waals surface area (Å²) >= 11 is 0. The van der Waals surface area contributed by atoms with E-state index in [1.54, 1.807) is 0 Å². The first-order valence-corrected chi connectivity index (χ1v) is 9.20. The molecule has 0 aromatic rings. The molecule has 2 nitrogen and oxygen atoms in total. The van der Waals surface area contributed by atoms with E-state index in [0.717, 1.165) is 32.3 Å². The van der Waals surface area contributed by atoms with Crippen molar-refractivity contribution < 1.29 is 9.47 Å². The van der Waals surface area contributed by atoms with Crippen LogP contribution in [0.5, 0.6) is 0 Å². The molecule has 0 amide bonds. The maximum atomic E-state index is 5.93. The van der Waals surface area contributed by atoms with Crippen LogP contribution in [0.4, 0.5) is 0 Å². The van der Waals surface area contributed by atoms with E-state index in [9.17, 15) is 0 Å². The highest BCUT2D eigenvalue weighted by Crippen LogP contribution is 2.17. The van der Waals surface area contributed by atoms with E-state index >= 15 is 0 Å². The average molecular weight is 306 g/mol. The van der Waals surface area contributed by atoms with Crippen molar-refractivity contribution in [3.8, 4) is 11.8 Å². The van der Waals surface area contributed by atoms with Crippen molar-refractivity contribution in [3.05, 3.63) is 12.2 Å². The fourth-order valence-electron chi connectivity index (χ4n) is 2.55. The first-order chi connectivity index (χ1) is 10.8. The van der Waals surface area contributed by atoms with Gasteiger partial charge in [-0.1, -0.05) is 44.3 Å². The molecule has 0 radical (unpaired) electrons. The highest BCUT2D eigenvalue weighted by Gasteiger charge is 2.16. The monoisotopic (exact) mass is 306 g/mol. The molecule has 1 saturated heterocycles. The normalized spacial score (nSPS) is 19.8. The van der Waals surface area contributed by atoms with Crippen molar-refractivity contribution in [1.82, 2.24) is 0 Å². The predicted molar refractivity (Wildman–Crippen MR) is 93.7 cm³/mol. The van der Waals surface area contributed by atoms with Gasteiger partial charge >= 0.3 is 0 Å². The van der Waals surface area contributed by atoms with Crippen LogP contribution in [0.25, 0.3) is 0 Å². The van der Waals surface area contributed by atoms with Crippen molar-refractivity contribution in [3.63, 3.8) is 0 Å². The number of ether oxygens (including phenoxy) is 2. The third-order valence-electron chi connectivity index (χ3n) is 3.90. The molecule has 0 saturated carbocycles. The predicted octanol–water partition coefficient (Wildman–Crippen LogP) is 5.62. The minimum absolute atomic E-state index is 0.0513. The van der Waals surface area contributed by atoms with Crippen LogP contribution in [-0.4, -0.2) is 19.0 Å². The fourth-order valence-corrected chi connectivity index (χ4v) is 2.55. The number of hydrogen-bond acceptors (Lipinski definition) is 2. The second-order valence-electron chi connectivity index (χ2n) is 6.16. The number of unbranched alkanes of at least 4 members (excludes halogenated alkanes) is 4. The molecule has 1 aliphatic heterocycles. The number of rotatable bonds is 10. The summed E-state index contributed by atoms with van der Waals surface area (Å²) in [7, 11) is 0. The molecule has 0 N–H and O–H groups in total. The minimum Gasteiger partial charge on any atom is -0.353 e. The van der Waals surface area contributed by atoms with E-state index in [0.29, 0.717) is 6.10 Å². The number of hydrogen-bond donors (Lipinski definition) is 0. The molecule has 2 unspecified atom stereocenters. The van der Waals surface area contributed by atoms with Crippen LogP contribution in [0.3, 0.4) is 0 Å². The van der Waals surface area contributed by atoms with Crippen LogP contribution in [0, 0.1) is 11.8 Å². The zero-order valence-corrected chi connectivity index (χ0v) is 14.6. The summed E-state index contributed by atoms with van der Waals surface area (Å²) in [6.45, 7) is 5.23. The molecule has 1 fully saturated rings. The van der Waals surface area contributed by atoms with E-state index in [1.165, 1.54) is 44.9 Å². The maximum absolute atomic E-state index is 5.93. The lowest BCUT2D eigenvalue weighted by atomic mass is 10.1. The van der Waals surface area contributed by atoms with E-state index in [-0.39, 0.29) is 6.29 Å². The van der Waals surface area contributed by atoms with Gasteiger partial charge in [0.15, 0.2) is 6.29 Å². The Morgan fingerprint density at radius 2 is 2.09 bits per heavy atom. The molecule has 1 heterocycles. The summed E-state index contributed by atoms with van der Waals surface area (Å²) in [4.78, 5) is 0. The van der Waals surface area contributed by atoms with Crippen LogP contribution in [-0.2, 0) is 9.47 Å². The van der Waals surface area contributed by atoms with Crippen LogP contribution >= 0.6 is 0 Å². The van der Waals surface area contributed by atoms with Crippen LogP contribution in [0.1, 0.15) is 84.5 Å². The lowest BCUT2D eigenvalue weighted by molar-refractivity contribution is -0.185. The Kier molecular flexibility index (Phi) is 12.1. The first kappa shape index (κ1) is 19.3. The van der Waals surface area contributed by atoms with Gasteiger partial charge in [0, 0.05) is 19.4 Å². The van der Waals surface area contributed by atoms with Crippen LogP contribution in [0.2, 0.25) is 0 Å². The topological polar surface area (TPSA) is 18.5 Å². The van der Waals surface area contributed by atoms with Gasteiger partial charge in [-0.3, -0.25) is 0 Å². The Morgan fingerprint density at radius 3 is 2.86 bits per heavy atom. The summed E-state index contributed by atoms with van der Waals surface area (Å²) in [6, 6.07) is 0. The molecule has 22 heavy (non-hydrogen) atoms. The zero-order valence-electron chi connectivity index (χ0n) is 14.6.